The molecule has 2 N–H and O–H groups in total. The van der Waals surface area contributed by atoms with Gasteiger partial charge in [0.25, 0.3) is 0 Å². The molecule has 1 aromatic carbocycles. The van der Waals surface area contributed by atoms with Crippen molar-refractivity contribution in [2.24, 2.45) is 0 Å². The van der Waals surface area contributed by atoms with Gasteiger partial charge in [-0.3, -0.25) is 15.0 Å². The van der Waals surface area contributed by atoms with E-state index >= 15 is 0 Å². The number of hydrogen-bond acceptors (Lipinski definition) is 3. The Labute approximate surface area is 132 Å². The number of nitrogens with zero attached hydrogens (tertiary/aromatic N) is 1. The molecular weight excluding hydrogens is 311 g/mol. The van der Waals surface area contributed by atoms with E-state index in [1.165, 1.54) is 12.1 Å². The Kier molecular flexibility index (Phi) is 6.56. The van der Waals surface area contributed by atoms with E-state index in [0.29, 0.717) is 12.1 Å². The molecule has 0 saturated heterocycles. The molecule has 0 heterocycles. The monoisotopic (exact) mass is 331 g/mol. The lowest BCUT2D eigenvalue weighted by Gasteiger charge is -2.23. The number of hydrogen-bond donors (Lipinski definition) is 2. The van der Waals surface area contributed by atoms with E-state index < -0.39 is 29.7 Å². The number of likely N-dealkylation sites (N-methyl/N-ethyl adjacent to an activating group) is 1. The summed E-state index contributed by atoms with van der Waals surface area (Å²) >= 11 is 0. The van der Waals surface area contributed by atoms with E-state index in [-0.39, 0.29) is 6.54 Å². The highest BCUT2D eigenvalue weighted by molar-refractivity contribution is 5.96. The van der Waals surface area contributed by atoms with Crippen molar-refractivity contribution < 1.29 is 22.8 Å². The molecule has 0 aliphatic carbocycles. The van der Waals surface area contributed by atoms with E-state index in [1.54, 1.807) is 25.8 Å². The minimum absolute atomic E-state index is 0.280. The maximum absolute atomic E-state index is 12.5. The van der Waals surface area contributed by atoms with Crippen molar-refractivity contribution in [3.05, 3.63) is 35.4 Å². The quantitative estimate of drug-likeness (QED) is 0.871. The number of carbonyl (C=O) groups is 2. The zero-order valence-electron chi connectivity index (χ0n) is 13.2. The lowest BCUT2D eigenvalue weighted by Crippen LogP contribution is -2.48. The maximum atomic E-state index is 12.5. The van der Waals surface area contributed by atoms with Gasteiger partial charge in [-0.1, -0.05) is 12.1 Å². The van der Waals surface area contributed by atoms with Crippen LogP contribution in [0, 0.1) is 0 Å². The van der Waals surface area contributed by atoms with Crippen LogP contribution >= 0.6 is 0 Å². The number of benzene rings is 1. The van der Waals surface area contributed by atoms with Gasteiger partial charge in [-0.2, -0.15) is 13.2 Å². The average molecular weight is 331 g/mol. The molecule has 128 valence electrons. The molecule has 5 nitrogen and oxygen atoms in total. The lowest BCUT2D eigenvalue weighted by atomic mass is 10.1. The first-order chi connectivity index (χ1) is 10.6. The minimum atomic E-state index is -4.37. The van der Waals surface area contributed by atoms with Gasteiger partial charge in [0.15, 0.2) is 0 Å². The van der Waals surface area contributed by atoms with Gasteiger partial charge in [0.05, 0.1) is 11.6 Å². The van der Waals surface area contributed by atoms with Gasteiger partial charge in [-0.05, 0) is 38.6 Å². The Balaban J connectivity index is 2.62. The highest BCUT2D eigenvalue weighted by Gasteiger charge is 2.30. The van der Waals surface area contributed by atoms with Gasteiger partial charge in [-0.25, -0.2) is 4.79 Å². The summed E-state index contributed by atoms with van der Waals surface area (Å²) < 4.78 is 37.5. The summed E-state index contributed by atoms with van der Waals surface area (Å²) in [4.78, 5) is 24.8. The predicted molar refractivity (Wildman–Crippen MR) is 79.6 cm³/mol. The molecule has 0 saturated carbocycles. The Morgan fingerprint density at radius 1 is 1.22 bits per heavy atom. The number of imide groups is 1. The van der Waals surface area contributed by atoms with E-state index in [2.05, 4.69) is 10.6 Å². The predicted octanol–water partition coefficient (Wildman–Crippen LogP) is 2.37. The number of alkyl halides is 3. The third-order valence-corrected chi connectivity index (χ3v) is 3.33. The van der Waals surface area contributed by atoms with Gasteiger partial charge in [0.1, 0.15) is 0 Å². The second-order valence-electron chi connectivity index (χ2n) is 5.13. The summed E-state index contributed by atoms with van der Waals surface area (Å²) in [5, 5.41) is 4.64. The van der Waals surface area contributed by atoms with Crippen LogP contribution in [0.15, 0.2) is 24.3 Å². The highest BCUT2D eigenvalue weighted by atomic mass is 19.4. The molecule has 0 aliphatic heterocycles. The van der Waals surface area contributed by atoms with Crippen LogP contribution in [0.4, 0.5) is 18.0 Å². The van der Waals surface area contributed by atoms with Crippen LogP contribution < -0.4 is 10.6 Å². The summed E-state index contributed by atoms with van der Waals surface area (Å²) in [7, 11) is 1.65. The van der Waals surface area contributed by atoms with Crippen molar-refractivity contribution in [3.63, 3.8) is 0 Å². The Bertz CT molecular complexity index is 544. The first-order valence-electron chi connectivity index (χ1n) is 7.10. The Morgan fingerprint density at radius 3 is 2.26 bits per heavy atom. The largest absolute Gasteiger partial charge is 0.416 e. The van der Waals surface area contributed by atoms with Crippen molar-refractivity contribution in [2.75, 3.05) is 13.6 Å². The Hall–Kier alpha value is -2.09. The van der Waals surface area contributed by atoms with Crippen LogP contribution in [-0.4, -0.2) is 36.5 Å². The van der Waals surface area contributed by atoms with Crippen LogP contribution in [0.1, 0.15) is 25.0 Å². The molecule has 0 radical (unpaired) electrons. The van der Waals surface area contributed by atoms with E-state index in [4.69, 9.17) is 0 Å². The number of urea groups is 1. The molecule has 0 aliphatic rings. The lowest BCUT2D eigenvalue weighted by molar-refractivity contribution is -0.137. The van der Waals surface area contributed by atoms with Crippen molar-refractivity contribution in [1.82, 2.24) is 15.5 Å². The maximum Gasteiger partial charge on any atom is 0.416 e. The van der Waals surface area contributed by atoms with Crippen molar-refractivity contribution >= 4 is 11.9 Å². The summed E-state index contributed by atoms with van der Waals surface area (Å²) in [6.07, 6.45) is -4.37. The molecule has 8 heteroatoms. The van der Waals surface area contributed by atoms with E-state index in [1.807, 2.05) is 0 Å². The molecule has 1 atom stereocenters. The minimum Gasteiger partial charge on any atom is -0.338 e. The summed E-state index contributed by atoms with van der Waals surface area (Å²) in [6.45, 7) is 4.01. The second kappa shape index (κ2) is 7.96. The zero-order chi connectivity index (χ0) is 17.6. The van der Waals surface area contributed by atoms with E-state index in [9.17, 15) is 22.8 Å². The number of rotatable bonds is 5. The third kappa shape index (κ3) is 5.90. The van der Waals surface area contributed by atoms with Crippen molar-refractivity contribution in [1.29, 1.82) is 0 Å². The molecule has 23 heavy (non-hydrogen) atoms. The normalized spacial score (nSPS) is 12.8. The number of amides is 3. The van der Waals surface area contributed by atoms with Crippen molar-refractivity contribution in [2.45, 2.75) is 32.6 Å². The van der Waals surface area contributed by atoms with E-state index in [0.717, 1.165) is 12.1 Å². The number of nitrogens with one attached hydrogen (secondary N) is 2. The molecule has 1 unspecified atom stereocenters. The summed E-state index contributed by atoms with van der Waals surface area (Å²) in [6, 6.07) is 3.55. The molecule has 1 aromatic rings. The molecule has 3 amide bonds. The summed E-state index contributed by atoms with van der Waals surface area (Å²) in [5.41, 5.74) is -0.0795. The fourth-order valence-corrected chi connectivity index (χ4v) is 1.85. The molecule has 0 bridgehead atoms. The van der Waals surface area contributed by atoms with Gasteiger partial charge >= 0.3 is 12.2 Å². The van der Waals surface area contributed by atoms with Gasteiger partial charge in [-0.15, -0.1) is 0 Å². The van der Waals surface area contributed by atoms with Crippen LogP contribution in [0.3, 0.4) is 0 Å². The molecule has 0 spiro atoms. The van der Waals surface area contributed by atoms with Gasteiger partial charge in [0, 0.05) is 13.1 Å². The third-order valence-electron chi connectivity index (χ3n) is 3.33. The standard InChI is InChI=1S/C15H20F3N3O2/c1-4-19-14(23)20-13(22)10(2)21(3)9-11-5-7-12(8-6-11)15(16,17)18/h5-8,10H,4,9H2,1-3H3,(H2,19,20,22,23). The molecule has 1 rings (SSSR count). The van der Waals surface area contributed by atoms with Crippen LogP contribution in [-0.2, 0) is 17.5 Å². The van der Waals surface area contributed by atoms with Crippen LogP contribution in [0.25, 0.3) is 0 Å². The fraction of sp³-hybridized carbons (Fsp3) is 0.467. The highest BCUT2D eigenvalue weighted by Crippen LogP contribution is 2.29. The first kappa shape index (κ1) is 19.0. The van der Waals surface area contributed by atoms with Gasteiger partial charge in [0.2, 0.25) is 5.91 Å². The smallest absolute Gasteiger partial charge is 0.338 e. The molecule has 0 aromatic heterocycles. The molecule has 0 fully saturated rings. The fourth-order valence-electron chi connectivity index (χ4n) is 1.85. The zero-order valence-corrected chi connectivity index (χ0v) is 13.2. The summed E-state index contributed by atoms with van der Waals surface area (Å²) in [5.74, 6) is -0.481. The Morgan fingerprint density at radius 2 is 1.78 bits per heavy atom. The number of halogens is 3. The van der Waals surface area contributed by atoms with Crippen molar-refractivity contribution in [3.8, 4) is 0 Å². The van der Waals surface area contributed by atoms with Crippen LogP contribution in [0.5, 0.6) is 0 Å². The molecular formula is C15H20F3N3O2. The average Bonchev–Trinajstić information content (AvgIpc) is 2.46. The SMILES string of the molecule is CCNC(=O)NC(=O)C(C)N(C)Cc1ccc(C(F)(F)F)cc1. The van der Waals surface area contributed by atoms with Gasteiger partial charge < -0.3 is 5.32 Å². The van der Waals surface area contributed by atoms with Crippen LogP contribution in [0.2, 0.25) is 0 Å². The first-order valence-corrected chi connectivity index (χ1v) is 7.10. The topological polar surface area (TPSA) is 61.4 Å². The second-order valence-corrected chi connectivity index (χ2v) is 5.13. The number of carbonyl (C=O) groups excluding carboxylic acids is 2.